The molecule has 58 heavy (non-hydrogen) atoms. The van der Waals surface area contributed by atoms with Gasteiger partial charge < -0.3 is 14.2 Å². The molecule has 0 bridgehead atoms. The minimum atomic E-state index is -0.758. The van der Waals surface area contributed by atoms with Crippen LogP contribution in [0.3, 0.4) is 0 Å². The molecule has 1 atom stereocenters. The van der Waals surface area contributed by atoms with Crippen molar-refractivity contribution in [3.05, 3.63) is 0 Å². The van der Waals surface area contributed by atoms with E-state index in [2.05, 4.69) is 20.8 Å². The van der Waals surface area contributed by atoms with Crippen LogP contribution in [0.4, 0.5) is 0 Å². The molecule has 1 unspecified atom stereocenters. The van der Waals surface area contributed by atoms with Crippen molar-refractivity contribution in [1.29, 1.82) is 0 Å². The van der Waals surface area contributed by atoms with Gasteiger partial charge in [0.25, 0.3) is 0 Å². The number of unbranched alkanes of at least 4 members (excludes halogenated alkanes) is 37. The highest BCUT2D eigenvalue weighted by Gasteiger charge is 2.19. The van der Waals surface area contributed by atoms with Crippen molar-refractivity contribution in [2.45, 2.75) is 303 Å². The molecule has 344 valence electrons. The van der Waals surface area contributed by atoms with Gasteiger partial charge in [0.05, 0.1) is 0 Å². The van der Waals surface area contributed by atoms with E-state index in [9.17, 15) is 14.4 Å². The largest absolute Gasteiger partial charge is 0.462 e. The number of carbonyl (C=O) groups excluding carboxylic acids is 3. The van der Waals surface area contributed by atoms with Crippen LogP contribution in [0.25, 0.3) is 0 Å². The number of carbonyl (C=O) groups is 3. The van der Waals surface area contributed by atoms with Gasteiger partial charge in [-0.2, -0.15) is 0 Å². The Bertz CT molecular complexity index is 859. The number of rotatable bonds is 48. The third kappa shape index (κ3) is 45.5. The van der Waals surface area contributed by atoms with Gasteiger partial charge in [0.2, 0.25) is 0 Å². The van der Waals surface area contributed by atoms with Gasteiger partial charge >= 0.3 is 17.9 Å². The molecule has 0 aromatic heterocycles. The van der Waals surface area contributed by atoms with Crippen LogP contribution in [-0.2, 0) is 28.6 Å². The molecule has 0 saturated heterocycles. The normalized spacial score (nSPS) is 11.8. The second-order valence-corrected chi connectivity index (χ2v) is 17.8. The lowest BCUT2D eigenvalue weighted by Crippen LogP contribution is -2.30. The second kappa shape index (κ2) is 48.1. The zero-order chi connectivity index (χ0) is 42.3. The van der Waals surface area contributed by atoms with Gasteiger partial charge in [-0.1, -0.05) is 258 Å². The third-order valence-electron chi connectivity index (χ3n) is 11.9. The molecular weight excluding hydrogens is 721 g/mol. The summed E-state index contributed by atoms with van der Waals surface area (Å²) in [6.07, 6.45) is 51.0. The van der Waals surface area contributed by atoms with E-state index in [1.54, 1.807) is 0 Å². The highest BCUT2D eigenvalue weighted by atomic mass is 16.6. The Morgan fingerprint density at radius 1 is 0.276 bits per heavy atom. The Morgan fingerprint density at radius 2 is 0.466 bits per heavy atom. The van der Waals surface area contributed by atoms with E-state index < -0.39 is 6.10 Å². The lowest BCUT2D eigenvalue weighted by Gasteiger charge is -2.18. The quantitative estimate of drug-likeness (QED) is 0.0346. The maximum atomic E-state index is 12.7. The van der Waals surface area contributed by atoms with Gasteiger partial charge in [0.15, 0.2) is 6.10 Å². The van der Waals surface area contributed by atoms with Gasteiger partial charge in [-0.15, -0.1) is 0 Å². The molecule has 0 saturated carbocycles. The predicted octanol–water partition coefficient (Wildman–Crippen LogP) is 16.8. The Kier molecular flexibility index (Phi) is 46.8. The highest BCUT2D eigenvalue weighted by molar-refractivity contribution is 5.71. The molecule has 0 rings (SSSR count). The van der Waals surface area contributed by atoms with Crippen molar-refractivity contribution in [1.82, 2.24) is 0 Å². The number of esters is 3. The van der Waals surface area contributed by atoms with Crippen LogP contribution >= 0.6 is 0 Å². The van der Waals surface area contributed by atoms with Crippen molar-refractivity contribution >= 4 is 17.9 Å². The molecule has 0 amide bonds. The van der Waals surface area contributed by atoms with Gasteiger partial charge in [0, 0.05) is 19.3 Å². The van der Waals surface area contributed by atoms with Crippen LogP contribution in [-0.4, -0.2) is 37.2 Å². The monoisotopic (exact) mass is 821 g/mol. The van der Waals surface area contributed by atoms with E-state index in [1.807, 2.05) is 0 Å². The zero-order valence-corrected chi connectivity index (χ0v) is 39.3. The number of hydrogen-bond acceptors (Lipinski definition) is 6. The summed E-state index contributed by atoms with van der Waals surface area (Å²) < 4.78 is 16.7. The van der Waals surface area contributed by atoms with Crippen LogP contribution in [0.5, 0.6) is 0 Å². The van der Waals surface area contributed by atoms with Gasteiger partial charge in [-0.25, -0.2) is 0 Å². The first-order valence-electron chi connectivity index (χ1n) is 26.0. The third-order valence-corrected chi connectivity index (χ3v) is 11.9. The summed E-state index contributed by atoms with van der Waals surface area (Å²) in [5.74, 6) is -0.849. The van der Waals surface area contributed by atoms with Gasteiger partial charge in [0.1, 0.15) is 13.2 Å². The summed E-state index contributed by atoms with van der Waals surface area (Å²) in [5.41, 5.74) is 0. The minimum absolute atomic E-state index is 0.0624. The predicted molar refractivity (Wildman–Crippen MR) is 247 cm³/mol. The first-order valence-corrected chi connectivity index (χ1v) is 26.0. The summed E-state index contributed by atoms with van der Waals surface area (Å²) in [5, 5.41) is 0. The van der Waals surface area contributed by atoms with E-state index >= 15 is 0 Å². The van der Waals surface area contributed by atoms with Crippen LogP contribution in [0, 0.1) is 0 Å². The Balaban J connectivity index is 4.16. The molecule has 0 radical (unpaired) electrons. The summed E-state index contributed by atoms with van der Waals surface area (Å²) in [6, 6.07) is 0. The van der Waals surface area contributed by atoms with Crippen LogP contribution in [0.15, 0.2) is 0 Å². The fourth-order valence-corrected chi connectivity index (χ4v) is 7.92. The lowest BCUT2D eigenvalue weighted by molar-refractivity contribution is -0.167. The maximum absolute atomic E-state index is 12.7. The van der Waals surface area contributed by atoms with E-state index in [-0.39, 0.29) is 31.1 Å². The van der Waals surface area contributed by atoms with Crippen LogP contribution < -0.4 is 0 Å². The Labute approximate surface area is 361 Å². The SMILES string of the molecule is CCCCCCCCCCCCCCCCCCCCCC(=O)OCC(COC(=O)CCCCCCCCC)OC(=O)CCCCCCCCCCCCCCCC. The topological polar surface area (TPSA) is 78.9 Å². The van der Waals surface area contributed by atoms with Gasteiger partial charge in [-0.3, -0.25) is 14.4 Å². The van der Waals surface area contributed by atoms with E-state index in [0.29, 0.717) is 19.3 Å². The summed E-state index contributed by atoms with van der Waals surface area (Å²) in [6.45, 7) is 6.64. The summed E-state index contributed by atoms with van der Waals surface area (Å²) in [7, 11) is 0. The lowest BCUT2D eigenvalue weighted by atomic mass is 10.0. The van der Waals surface area contributed by atoms with E-state index in [4.69, 9.17) is 14.2 Å². The smallest absolute Gasteiger partial charge is 0.306 e. The fourth-order valence-electron chi connectivity index (χ4n) is 7.92. The molecular formula is C52H100O6. The average molecular weight is 821 g/mol. The van der Waals surface area contributed by atoms with Crippen molar-refractivity contribution in [3.8, 4) is 0 Å². The Morgan fingerprint density at radius 3 is 0.690 bits per heavy atom. The molecule has 6 nitrogen and oxygen atoms in total. The zero-order valence-electron chi connectivity index (χ0n) is 39.3. The average Bonchev–Trinajstić information content (AvgIpc) is 3.22. The van der Waals surface area contributed by atoms with Crippen LogP contribution in [0.2, 0.25) is 0 Å². The fraction of sp³-hybridized carbons (Fsp3) is 0.942. The number of hydrogen-bond donors (Lipinski definition) is 0. The van der Waals surface area contributed by atoms with E-state index in [1.165, 1.54) is 199 Å². The first-order chi connectivity index (χ1) is 28.5. The van der Waals surface area contributed by atoms with Crippen LogP contribution in [0.1, 0.15) is 297 Å². The molecule has 0 heterocycles. The molecule has 0 aromatic carbocycles. The van der Waals surface area contributed by atoms with Crippen molar-refractivity contribution in [3.63, 3.8) is 0 Å². The first kappa shape index (κ1) is 56.4. The molecule has 0 fully saturated rings. The molecule has 6 heteroatoms. The second-order valence-electron chi connectivity index (χ2n) is 17.8. The highest BCUT2D eigenvalue weighted by Crippen LogP contribution is 2.17. The molecule has 0 aliphatic heterocycles. The standard InChI is InChI=1S/C52H100O6/c1-4-7-10-13-16-18-20-22-24-25-26-27-28-30-31-33-36-39-42-45-51(54)57-48-49(47-56-50(53)44-41-38-35-15-12-9-6-3)58-52(55)46-43-40-37-34-32-29-23-21-19-17-14-11-8-5-2/h49H,4-48H2,1-3H3. The molecule has 0 spiro atoms. The summed E-state index contributed by atoms with van der Waals surface area (Å²) in [4.78, 5) is 37.8. The Hall–Kier alpha value is -1.59. The molecule has 0 aromatic rings. The van der Waals surface area contributed by atoms with Crippen molar-refractivity contribution < 1.29 is 28.6 Å². The van der Waals surface area contributed by atoms with E-state index in [0.717, 1.165) is 57.8 Å². The molecule has 0 aliphatic carbocycles. The summed E-state index contributed by atoms with van der Waals surface area (Å²) >= 11 is 0. The maximum Gasteiger partial charge on any atom is 0.306 e. The van der Waals surface area contributed by atoms with Gasteiger partial charge in [-0.05, 0) is 19.3 Å². The molecule has 0 aliphatic rings. The molecule has 0 N–H and O–H groups in total. The van der Waals surface area contributed by atoms with Crippen molar-refractivity contribution in [2.24, 2.45) is 0 Å². The minimum Gasteiger partial charge on any atom is -0.462 e. The number of ether oxygens (including phenoxy) is 3. The van der Waals surface area contributed by atoms with Crippen molar-refractivity contribution in [2.75, 3.05) is 13.2 Å².